The van der Waals surface area contributed by atoms with Gasteiger partial charge in [0, 0.05) is 43.5 Å². The van der Waals surface area contributed by atoms with E-state index < -0.39 is 0 Å². The molecule has 3 rings (SSSR count). The molecule has 0 unspecified atom stereocenters. The Balaban J connectivity index is 1.40. The Morgan fingerprint density at radius 3 is 2.50 bits per heavy atom. The molecule has 8 heteroatoms. The quantitative estimate of drug-likeness (QED) is 0.743. The first kappa shape index (κ1) is 20.3. The second-order valence-corrected chi connectivity index (χ2v) is 7.28. The molecule has 2 fully saturated rings. The van der Waals surface area contributed by atoms with E-state index in [1.807, 2.05) is 4.90 Å². The van der Waals surface area contributed by atoms with E-state index in [1.165, 1.54) is 6.92 Å². The number of piperidine rings is 1. The molecule has 0 saturated carbocycles. The van der Waals surface area contributed by atoms with E-state index in [9.17, 15) is 14.4 Å². The summed E-state index contributed by atoms with van der Waals surface area (Å²) in [6.45, 7) is 6.04. The zero-order valence-electron chi connectivity index (χ0n) is 16.3. The molecule has 0 aliphatic carbocycles. The molecule has 0 bridgehead atoms. The van der Waals surface area contributed by atoms with Crippen LogP contribution in [-0.2, 0) is 9.53 Å². The number of rotatable bonds is 5. The number of benzene rings is 1. The van der Waals surface area contributed by atoms with E-state index in [-0.39, 0.29) is 23.8 Å². The second-order valence-electron chi connectivity index (χ2n) is 7.28. The lowest BCUT2D eigenvalue weighted by Crippen LogP contribution is -2.50. The number of nitrogens with one attached hydrogen (secondary N) is 2. The summed E-state index contributed by atoms with van der Waals surface area (Å²) in [6.07, 6.45) is 1.61. The first-order chi connectivity index (χ1) is 13.5. The van der Waals surface area contributed by atoms with Crippen LogP contribution in [0.5, 0.6) is 0 Å². The smallest absolute Gasteiger partial charge is 0.319 e. The third-order valence-corrected chi connectivity index (χ3v) is 5.17. The summed E-state index contributed by atoms with van der Waals surface area (Å²) in [4.78, 5) is 40.0. The number of urea groups is 1. The lowest BCUT2D eigenvalue weighted by atomic mass is 10.1. The van der Waals surface area contributed by atoms with Gasteiger partial charge in [-0.25, -0.2) is 4.79 Å². The van der Waals surface area contributed by atoms with Crippen molar-refractivity contribution in [2.24, 2.45) is 0 Å². The van der Waals surface area contributed by atoms with E-state index in [0.717, 1.165) is 25.9 Å². The molecule has 28 heavy (non-hydrogen) atoms. The van der Waals surface area contributed by atoms with Crippen LogP contribution in [0.3, 0.4) is 0 Å². The minimum Gasteiger partial charge on any atom is -0.378 e. The molecule has 1 aromatic carbocycles. The highest BCUT2D eigenvalue weighted by molar-refractivity contribution is 5.96. The summed E-state index contributed by atoms with van der Waals surface area (Å²) < 4.78 is 5.28. The molecule has 2 aliphatic heterocycles. The van der Waals surface area contributed by atoms with Gasteiger partial charge in [0.1, 0.15) is 0 Å². The lowest BCUT2D eigenvalue weighted by molar-refractivity contribution is -0.136. The van der Waals surface area contributed by atoms with Gasteiger partial charge in [0.05, 0.1) is 19.8 Å². The number of carbonyl (C=O) groups excluding carboxylic acids is 3. The first-order valence-electron chi connectivity index (χ1n) is 9.77. The molecular formula is C20H28N4O4. The molecule has 0 aromatic heterocycles. The van der Waals surface area contributed by atoms with Crippen LogP contribution < -0.4 is 10.6 Å². The molecule has 0 spiro atoms. The average molecular weight is 388 g/mol. The van der Waals surface area contributed by atoms with Gasteiger partial charge in [-0.1, -0.05) is 12.1 Å². The van der Waals surface area contributed by atoms with Crippen LogP contribution in [0.1, 0.15) is 30.1 Å². The van der Waals surface area contributed by atoms with Gasteiger partial charge in [0.25, 0.3) is 0 Å². The summed E-state index contributed by atoms with van der Waals surface area (Å²) in [7, 11) is 0. The maximum atomic E-state index is 12.3. The SMILES string of the molecule is CC(=O)c1cccc(NC(=O)NC2CCN(CC(=O)N3CCOCC3)CC2)c1. The fourth-order valence-corrected chi connectivity index (χ4v) is 3.51. The standard InChI is InChI=1S/C20H28N4O4/c1-15(25)16-3-2-4-18(13-16)22-20(27)21-17-5-7-23(8-6-17)14-19(26)24-9-11-28-12-10-24/h2-4,13,17H,5-12,14H2,1H3,(H2,21,22,27). The molecule has 2 saturated heterocycles. The number of anilines is 1. The van der Waals surface area contributed by atoms with Crippen molar-refractivity contribution in [1.82, 2.24) is 15.1 Å². The maximum absolute atomic E-state index is 12.3. The van der Waals surface area contributed by atoms with Gasteiger partial charge in [-0.3, -0.25) is 14.5 Å². The van der Waals surface area contributed by atoms with Crippen molar-refractivity contribution >= 4 is 23.4 Å². The predicted molar refractivity (Wildman–Crippen MR) is 105 cm³/mol. The minimum absolute atomic E-state index is 0.0388. The second kappa shape index (κ2) is 9.66. The Morgan fingerprint density at radius 1 is 1.11 bits per heavy atom. The highest BCUT2D eigenvalue weighted by Crippen LogP contribution is 2.13. The molecule has 8 nitrogen and oxygen atoms in total. The maximum Gasteiger partial charge on any atom is 0.319 e. The number of ether oxygens (including phenoxy) is 1. The van der Waals surface area contributed by atoms with E-state index >= 15 is 0 Å². The highest BCUT2D eigenvalue weighted by atomic mass is 16.5. The molecule has 1 aromatic rings. The van der Waals surface area contributed by atoms with E-state index in [1.54, 1.807) is 24.3 Å². The number of Topliss-reactive ketones (excluding diaryl/α,β-unsaturated/α-hetero) is 1. The highest BCUT2D eigenvalue weighted by Gasteiger charge is 2.24. The number of hydrogen-bond donors (Lipinski definition) is 2. The molecule has 0 atom stereocenters. The Bertz CT molecular complexity index is 710. The summed E-state index contributed by atoms with van der Waals surface area (Å²) >= 11 is 0. The van der Waals surface area contributed by atoms with Crippen molar-refractivity contribution < 1.29 is 19.1 Å². The number of carbonyl (C=O) groups is 3. The first-order valence-corrected chi connectivity index (χ1v) is 9.77. The van der Waals surface area contributed by atoms with Crippen molar-refractivity contribution in [1.29, 1.82) is 0 Å². The zero-order chi connectivity index (χ0) is 19.9. The van der Waals surface area contributed by atoms with Gasteiger partial charge in [-0.05, 0) is 31.9 Å². The fraction of sp³-hybridized carbons (Fsp3) is 0.550. The minimum atomic E-state index is -0.274. The van der Waals surface area contributed by atoms with Gasteiger partial charge < -0.3 is 20.3 Å². The van der Waals surface area contributed by atoms with Crippen molar-refractivity contribution in [2.45, 2.75) is 25.8 Å². The third kappa shape index (κ3) is 5.77. The van der Waals surface area contributed by atoms with Crippen molar-refractivity contribution in [3.63, 3.8) is 0 Å². The van der Waals surface area contributed by atoms with E-state index in [4.69, 9.17) is 4.74 Å². The topological polar surface area (TPSA) is 91.0 Å². The summed E-state index contributed by atoms with van der Waals surface area (Å²) in [6, 6.07) is 6.69. The van der Waals surface area contributed by atoms with Gasteiger partial charge in [0.15, 0.2) is 5.78 Å². The number of amides is 3. The van der Waals surface area contributed by atoms with Gasteiger partial charge in [-0.15, -0.1) is 0 Å². The molecule has 3 amide bonds. The van der Waals surface area contributed by atoms with Crippen LogP contribution in [0.4, 0.5) is 10.5 Å². The van der Waals surface area contributed by atoms with Crippen LogP contribution in [0.25, 0.3) is 0 Å². The number of nitrogens with zero attached hydrogens (tertiary/aromatic N) is 2. The fourth-order valence-electron chi connectivity index (χ4n) is 3.51. The molecule has 2 aliphatic rings. The van der Waals surface area contributed by atoms with Crippen molar-refractivity contribution in [2.75, 3.05) is 51.3 Å². The van der Waals surface area contributed by atoms with Gasteiger partial charge in [-0.2, -0.15) is 0 Å². The monoisotopic (exact) mass is 388 g/mol. The third-order valence-electron chi connectivity index (χ3n) is 5.17. The van der Waals surface area contributed by atoms with Crippen LogP contribution in [-0.4, -0.2) is 79.5 Å². The normalized spacial score (nSPS) is 18.5. The van der Waals surface area contributed by atoms with Crippen LogP contribution in [0.15, 0.2) is 24.3 Å². The predicted octanol–water partition coefficient (Wildman–Crippen LogP) is 1.33. The molecule has 0 radical (unpaired) electrons. The van der Waals surface area contributed by atoms with Crippen LogP contribution in [0, 0.1) is 0 Å². The Morgan fingerprint density at radius 2 is 1.82 bits per heavy atom. The van der Waals surface area contributed by atoms with Gasteiger partial charge in [0.2, 0.25) is 5.91 Å². The number of ketones is 1. The lowest BCUT2D eigenvalue weighted by Gasteiger charge is -2.34. The average Bonchev–Trinajstić information content (AvgIpc) is 2.70. The number of hydrogen-bond acceptors (Lipinski definition) is 5. The van der Waals surface area contributed by atoms with E-state index in [0.29, 0.717) is 44.1 Å². The molecular weight excluding hydrogens is 360 g/mol. The summed E-state index contributed by atoms with van der Waals surface area (Å²) in [5, 5.41) is 5.76. The summed E-state index contributed by atoms with van der Waals surface area (Å²) in [5.41, 5.74) is 1.16. The van der Waals surface area contributed by atoms with Crippen molar-refractivity contribution in [3.8, 4) is 0 Å². The Hall–Kier alpha value is -2.45. The Labute approximate surface area is 165 Å². The van der Waals surface area contributed by atoms with Crippen LogP contribution >= 0.6 is 0 Å². The largest absolute Gasteiger partial charge is 0.378 e. The van der Waals surface area contributed by atoms with Gasteiger partial charge >= 0.3 is 6.03 Å². The summed E-state index contributed by atoms with van der Waals surface area (Å²) in [5.74, 6) is 0.112. The Kier molecular flexibility index (Phi) is 7.00. The van der Waals surface area contributed by atoms with Crippen LogP contribution in [0.2, 0.25) is 0 Å². The number of likely N-dealkylation sites (tertiary alicyclic amines) is 1. The molecule has 152 valence electrons. The number of morpholine rings is 1. The van der Waals surface area contributed by atoms with E-state index in [2.05, 4.69) is 15.5 Å². The molecule has 2 heterocycles. The zero-order valence-corrected chi connectivity index (χ0v) is 16.3. The molecule has 2 N–H and O–H groups in total. The van der Waals surface area contributed by atoms with Crippen molar-refractivity contribution in [3.05, 3.63) is 29.8 Å².